The summed E-state index contributed by atoms with van der Waals surface area (Å²) in [6.45, 7) is 7.76. The predicted molar refractivity (Wildman–Crippen MR) is 103 cm³/mol. The molecule has 0 fully saturated rings. The SMILES string of the molecule is CC(CNC(=O)OC(C)(C)C)c1ccc(OS(=O)(=O)c2ccccc2)cc1. The van der Waals surface area contributed by atoms with Crippen molar-refractivity contribution in [2.24, 2.45) is 0 Å². The highest BCUT2D eigenvalue weighted by Gasteiger charge is 2.18. The molecule has 1 unspecified atom stereocenters. The highest BCUT2D eigenvalue weighted by atomic mass is 32.2. The van der Waals surface area contributed by atoms with E-state index in [0.717, 1.165) is 5.56 Å². The minimum absolute atomic E-state index is 0.0253. The third-order valence-corrected chi connectivity index (χ3v) is 4.90. The average Bonchev–Trinajstić information content (AvgIpc) is 2.59. The normalized spacial score (nSPS) is 12.9. The van der Waals surface area contributed by atoms with E-state index >= 15 is 0 Å². The second-order valence-electron chi connectivity index (χ2n) is 7.20. The van der Waals surface area contributed by atoms with Crippen LogP contribution in [0.4, 0.5) is 4.79 Å². The van der Waals surface area contributed by atoms with Crippen molar-refractivity contribution in [3.63, 3.8) is 0 Å². The van der Waals surface area contributed by atoms with Crippen molar-refractivity contribution in [1.29, 1.82) is 0 Å². The highest BCUT2D eigenvalue weighted by molar-refractivity contribution is 7.87. The molecular formula is C20H25NO5S. The quantitative estimate of drug-likeness (QED) is 0.750. The largest absolute Gasteiger partial charge is 0.444 e. The molecule has 146 valence electrons. The van der Waals surface area contributed by atoms with Gasteiger partial charge >= 0.3 is 16.2 Å². The Morgan fingerprint density at radius 2 is 1.63 bits per heavy atom. The van der Waals surface area contributed by atoms with Crippen molar-refractivity contribution in [2.75, 3.05) is 6.54 Å². The fourth-order valence-electron chi connectivity index (χ4n) is 2.28. The van der Waals surface area contributed by atoms with Crippen molar-refractivity contribution in [2.45, 2.75) is 44.1 Å². The zero-order valence-corrected chi connectivity index (χ0v) is 16.7. The van der Waals surface area contributed by atoms with Gasteiger partial charge < -0.3 is 14.2 Å². The van der Waals surface area contributed by atoms with Gasteiger partial charge in [0.05, 0.1) is 0 Å². The zero-order chi connectivity index (χ0) is 20.1. The molecule has 2 aromatic rings. The molecule has 0 saturated heterocycles. The van der Waals surface area contributed by atoms with E-state index < -0.39 is 21.8 Å². The summed E-state index contributed by atoms with van der Waals surface area (Å²) in [6.07, 6.45) is -0.469. The van der Waals surface area contributed by atoms with Crippen molar-refractivity contribution in [3.05, 3.63) is 60.2 Å². The molecular weight excluding hydrogens is 366 g/mol. The minimum Gasteiger partial charge on any atom is -0.444 e. The van der Waals surface area contributed by atoms with Gasteiger partial charge in [-0.3, -0.25) is 0 Å². The second-order valence-corrected chi connectivity index (χ2v) is 8.75. The molecule has 1 amide bonds. The lowest BCUT2D eigenvalue weighted by Crippen LogP contribution is -2.34. The third-order valence-electron chi connectivity index (χ3n) is 3.64. The molecule has 7 heteroatoms. The fraction of sp³-hybridized carbons (Fsp3) is 0.350. The van der Waals surface area contributed by atoms with Crippen molar-refractivity contribution >= 4 is 16.2 Å². The van der Waals surface area contributed by atoms with Crippen LogP contribution in [0.2, 0.25) is 0 Å². The molecule has 0 saturated carbocycles. The van der Waals surface area contributed by atoms with Crippen LogP contribution in [0, 0.1) is 0 Å². The Labute approximate surface area is 160 Å². The van der Waals surface area contributed by atoms with Crippen LogP contribution in [0.15, 0.2) is 59.5 Å². The Morgan fingerprint density at radius 3 is 2.19 bits per heavy atom. The maximum atomic E-state index is 12.2. The molecule has 6 nitrogen and oxygen atoms in total. The van der Waals surface area contributed by atoms with Crippen molar-refractivity contribution in [1.82, 2.24) is 5.32 Å². The summed E-state index contributed by atoms with van der Waals surface area (Å²) in [6, 6.07) is 14.7. The molecule has 0 aliphatic rings. The Kier molecular flexibility index (Phi) is 6.49. The standard InChI is InChI=1S/C20H25NO5S/c1-15(14-21-19(22)25-20(2,3)4)16-10-12-17(13-11-16)26-27(23,24)18-8-6-5-7-9-18/h5-13,15H,14H2,1-4H3,(H,21,22). The number of amides is 1. The first kappa shape index (κ1) is 20.8. The van der Waals surface area contributed by atoms with E-state index in [9.17, 15) is 13.2 Å². The number of ether oxygens (including phenoxy) is 1. The average molecular weight is 391 g/mol. The molecule has 2 aromatic carbocycles. The van der Waals surface area contributed by atoms with Gasteiger partial charge in [-0.1, -0.05) is 37.3 Å². The van der Waals surface area contributed by atoms with Crippen molar-refractivity contribution < 1.29 is 22.1 Å². The van der Waals surface area contributed by atoms with E-state index in [2.05, 4.69) is 5.32 Å². The number of hydrogen-bond acceptors (Lipinski definition) is 5. The Morgan fingerprint density at radius 1 is 1.04 bits per heavy atom. The molecule has 1 N–H and O–H groups in total. The monoisotopic (exact) mass is 391 g/mol. The molecule has 0 aliphatic carbocycles. The lowest BCUT2D eigenvalue weighted by Gasteiger charge is -2.21. The predicted octanol–water partition coefficient (Wildman–Crippen LogP) is 4.08. The number of alkyl carbamates (subject to hydrolysis) is 1. The number of carbonyl (C=O) groups excluding carboxylic acids is 1. The van der Waals surface area contributed by atoms with E-state index in [0.29, 0.717) is 6.54 Å². The molecule has 0 aromatic heterocycles. The van der Waals surface area contributed by atoms with Crippen LogP contribution < -0.4 is 9.50 Å². The number of nitrogens with one attached hydrogen (secondary N) is 1. The minimum atomic E-state index is -3.86. The zero-order valence-electron chi connectivity index (χ0n) is 15.9. The van der Waals surface area contributed by atoms with Crippen LogP contribution in [-0.2, 0) is 14.9 Å². The summed E-state index contributed by atoms with van der Waals surface area (Å²) in [7, 11) is -3.86. The summed E-state index contributed by atoms with van der Waals surface area (Å²) < 4.78 is 34.8. The molecule has 0 aliphatic heterocycles. The summed E-state index contributed by atoms with van der Waals surface area (Å²) in [4.78, 5) is 11.8. The van der Waals surface area contributed by atoms with E-state index in [4.69, 9.17) is 8.92 Å². The Hall–Kier alpha value is -2.54. The van der Waals surface area contributed by atoms with E-state index in [1.807, 2.05) is 6.92 Å². The summed E-state index contributed by atoms with van der Waals surface area (Å²) in [5, 5.41) is 2.72. The van der Waals surface area contributed by atoms with E-state index in [1.165, 1.54) is 12.1 Å². The first-order valence-electron chi connectivity index (χ1n) is 8.63. The number of rotatable bonds is 6. The molecule has 0 heterocycles. The van der Waals surface area contributed by atoms with E-state index in [1.54, 1.807) is 63.2 Å². The van der Waals surface area contributed by atoms with Crippen LogP contribution in [0.5, 0.6) is 5.75 Å². The van der Waals surface area contributed by atoms with Crippen LogP contribution in [0.1, 0.15) is 39.2 Å². The van der Waals surface area contributed by atoms with Crippen LogP contribution in [-0.4, -0.2) is 26.7 Å². The summed E-state index contributed by atoms with van der Waals surface area (Å²) >= 11 is 0. The third kappa shape index (κ3) is 6.60. The van der Waals surface area contributed by atoms with Gasteiger partial charge in [0.15, 0.2) is 0 Å². The van der Waals surface area contributed by atoms with Gasteiger partial charge in [-0.2, -0.15) is 8.42 Å². The Bertz CT molecular complexity index is 855. The van der Waals surface area contributed by atoms with Crippen molar-refractivity contribution in [3.8, 4) is 5.75 Å². The lowest BCUT2D eigenvalue weighted by atomic mass is 10.0. The molecule has 0 bridgehead atoms. The maximum Gasteiger partial charge on any atom is 0.407 e. The van der Waals surface area contributed by atoms with Gasteiger partial charge in [-0.05, 0) is 56.5 Å². The molecule has 1 atom stereocenters. The topological polar surface area (TPSA) is 81.7 Å². The molecule has 27 heavy (non-hydrogen) atoms. The van der Waals surface area contributed by atoms with Gasteiger partial charge in [0.25, 0.3) is 0 Å². The second kappa shape index (κ2) is 8.43. The smallest absolute Gasteiger partial charge is 0.407 e. The van der Waals surface area contributed by atoms with Crippen LogP contribution in [0.25, 0.3) is 0 Å². The maximum absolute atomic E-state index is 12.2. The van der Waals surface area contributed by atoms with Gasteiger partial charge in [-0.15, -0.1) is 0 Å². The summed E-state index contributed by atoms with van der Waals surface area (Å²) in [5.41, 5.74) is 0.395. The number of benzene rings is 2. The van der Waals surface area contributed by atoms with Gasteiger partial charge in [-0.25, -0.2) is 4.79 Å². The van der Waals surface area contributed by atoms with E-state index in [-0.39, 0.29) is 16.6 Å². The summed E-state index contributed by atoms with van der Waals surface area (Å²) in [5.74, 6) is 0.257. The molecule has 0 radical (unpaired) electrons. The first-order chi connectivity index (χ1) is 12.6. The number of hydrogen-bond donors (Lipinski definition) is 1. The lowest BCUT2D eigenvalue weighted by molar-refractivity contribution is 0.0525. The fourth-order valence-corrected chi connectivity index (χ4v) is 3.23. The molecule has 2 rings (SSSR count). The van der Waals surface area contributed by atoms with Gasteiger partial charge in [0, 0.05) is 6.54 Å². The number of carbonyl (C=O) groups is 1. The molecule has 0 spiro atoms. The highest BCUT2D eigenvalue weighted by Crippen LogP contribution is 2.22. The first-order valence-corrected chi connectivity index (χ1v) is 10.0. The van der Waals surface area contributed by atoms with Crippen LogP contribution in [0.3, 0.4) is 0 Å². The van der Waals surface area contributed by atoms with Gasteiger partial charge in [0.1, 0.15) is 16.2 Å². The van der Waals surface area contributed by atoms with Crippen LogP contribution >= 0.6 is 0 Å². The van der Waals surface area contributed by atoms with Gasteiger partial charge in [0.2, 0.25) is 0 Å². The Balaban J connectivity index is 1.95.